The molecule has 94 valence electrons. The van der Waals surface area contributed by atoms with Crippen LogP contribution in [0.1, 0.15) is 10.4 Å². The van der Waals surface area contributed by atoms with E-state index in [1.807, 2.05) is 17.5 Å². The third kappa shape index (κ3) is 3.27. The summed E-state index contributed by atoms with van der Waals surface area (Å²) in [7, 11) is 0. The minimum Gasteiger partial charge on any atom is -0.490 e. The summed E-state index contributed by atoms with van der Waals surface area (Å²) in [5, 5.41) is 2.01. The monoisotopic (exact) mass is 281 g/mol. The Morgan fingerprint density at radius 3 is 2.83 bits per heavy atom. The fourth-order valence-corrected chi connectivity index (χ4v) is 2.30. The molecule has 1 aromatic heterocycles. The first-order chi connectivity index (χ1) is 8.66. The average molecular weight is 281 g/mol. The standard InChI is InChI=1S/C13H12FNOS2/c14-11-8-9(13(15)17)3-4-12(11)16-6-5-10-2-1-7-18-10/h1-4,7-8H,5-6H2,(H2,15,17). The van der Waals surface area contributed by atoms with Gasteiger partial charge in [-0.2, -0.15) is 0 Å². The summed E-state index contributed by atoms with van der Waals surface area (Å²) in [4.78, 5) is 1.40. The molecule has 18 heavy (non-hydrogen) atoms. The summed E-state index contributed by atoms with van der Waals surface area (Å²) < 4.78 is 19.0. The third-order valence-electron chi connectivity index (χ3n) is 2.40. The van der Waals surface area contributed by atoms with Gasteiger partial charge in [0.25, 0.3) is 0 Å². The highest BCUT2D eigenvalue weighted by Crippen LogP contribution is 2.19. The number of thiophene rings is 1. The number of benzene rings is 1. The molecule has 0 atom stereocenters. The van der Waals surface area contributed by atoms with E-state index in [0.29, 0.717) is 12.2 Å². The van der Waals surface area contributed by atoms with Crippen LogP contribution in [0.3, 0.4) is 0 Å². The van der Waals surface area contributed by atoms with E-state index >= 15 is 0 Å². The number of nitrogens with two attached hydrogens (primary N) is 1. The minimum absolute atomic E-state index is 0.180. The van der Waals surface area contributed by atoms with Crippen LogP contribution in [0.15, 0.2) is 35.7 Å². The predicted octanol–water partition coefficient (Wildman–Crippen LogP) is 3.14. The predicted molar refractivity (Wildman–Crippen MR) is 75.8 cm³/mol. The van der Waals surface area contributed by atoms with Crippen molar-refractivity contribution in [2.24, 2.45) is 5.73 Å². The second kappa shape index (κ2) is 5.93. The molecule has 2 nitrogen and oxygen atoms in total. The first-order valence-corrected chi connectivity index (χ1v) is 6.70. The van der Waals surface area contributed by atoms with Crippen LogP contribution in [0.2, 0.25) is 0 Å². The Labute approximate surface area is 114 Å². The molecule has 0 fully saturated rings. The fourth-order valence-electron chi connectivity index (χ4n) is 1.49. The van der Waals surface area contributed by atoms with Gasteiger partial charge in [0.2, 0.25) is 0 Å². The smallest absolute Gasteiger partial charge is 0.165 e. The van der Waals surface area contributed by atoms with Crippen LogP contribution in [-0.4, -0.2) is 11.6 Å². The van der Waals surface area contributed by atoms with Crippen molar-refractivity contribution in [2.75, 3.05) is 6.61 Å². The second-order valence-corrected chi connectivity index (χ2v) is 5.16. The van der Waals surface area contributed by atoms with Gasteiger partial charge in [-0.1, -0.05) is 18.3 Å². The van der Waals surface area contributed by atoms with Gasteiger partial charge in [-0.3, -0.25) is 0 Å². The Bertz CT molecular complexity index is 540. The van der Waals surface area contributed by atoms with Crippen molar-refractivity contribution >= 4 is 28.5 Å². The molecule has 2 aromatic rings. The molecule has 0 spiro atoms. The SMILES string of the molecule is NC(=S)c1ccc(OCCc2cccs2)c(F)c1. The zero-order chi connectivity index (χ0) is 13.0. The van der Waals surface area contributed by atoms with Gasteiger partial charge in [0.1, 0.15) is 4.99 Å². The molecule has 0 radical (unpaired) electrons. The third-order valence-corrected chi connectivity index (χ3v) is 3.57. The Morgan fingerprint density at radius 1 is 1.39 bits per heavy atom. The maximum absolute atomic E-state index is 13.6. The molecule has 1 aromatic carbocycles. The van der Waals surface area contributed by atoms with Gasteiger partial charge >= 0.3 is 0 Å². The molecule has 0 aliphatic heterocycles. The van der Waals surface area contributed by atoms with E-state index in [2.05, 4.69) is 0 Å². The molecule has 0 saturated heterocycles. The lowest BCUT2D eigenvalue weighted by molar-refractivity contribution is 0.306. The molecule has 0 amide bonds. The Morgan fingerprint density at radius 2 is 2.22 bits per heavy atom. The second-order valence-electron chi connectivity index (χ2n) is 3.69. The topological polar surface area (TPSA) is 35.2 Å². The van der Waals surface area contributed by atoms with E-state index < -0.39 is 5.82 Å². The van der Waals surface area contributed by atoms with E-state index in [1.54, 1.807) is 23.5 Å². The molecular weight excluding hydrogens is 269 g/mol. The van der Waals surface area contributed by atoms with Crippen molar-refractivity contribution in [2.45, 2.75) is 6.42 Å². The number of thiocarbonyl (C=S) groups is 1. The van der Waals surface area contributed by atoms with Crippen LogP contribution in [0.25, 0.3) is 0 Å². The zero-order valence-corrected chi connectivity index (χ0v) is 11.2. The van der Waals surface area contributed by atoms with E-state index in [-0.39, 0.29) is 10.7 Å². The van der Waals surface area contributed by atoms with Gasteiger partial charge in [0.15, 0.2) is 11.6 Å². The summed E-state index contributed by atoms with van der Waals surface area (Å²) in [6.45, 7) is 0.448. The largest absolute Gasteiger partial charge is 0.490 e. The summed E-state index contributed by atoms with van der Waals surface area (Å²) in [6, 6.07) is 8.52. The van der Waals surface area contributed by atoms with Gasteiger partial charge in [-0.15, -0.1) is 11.3 Å². The molecule has 2 N–H and O–H groups in total. The lowest BCUT2D eigenvalue weighted by Gasteiger charge is -2.07. The summed E-state index contributed by atoms with van der Waals surface area (Å²) in [6.07, 6.45) is 0.772. The molecule has 2 rings (SSSR count). The summed E-state index contributed by atoms with van der Waals surface area (Å²) in [5.74, 6) is -0.210. The lowest BCUT2D eigenvalue weighted by Crippen LogP contribution is -2.10. The van der Waals surface area contributed by atoms with Crippen molar-refractivity contribution in [3.05, 3.63) is 52.0 Å². The zero-order valence-electron chi connectivity index (χ0n) is 9.56. The van der Waals surface area contributed by atoms with Gasteiger partial charge in [-0.05, 0) is 29.6 Å². The highest BCUT2D eigenvalue weighted by Gasteiger charge is 2.06. The van der Waals surface area contributed by atoms with Crippen LogP contribution in [0.4, 0.5) is 4.39 Å². The number of ether oxygens (including phenoxy) is 1. The summed E-state index contributed by atoms with van der Waals surface area (Å²) >= 11 is 6.44. The number of hydrogen-bond donors (Lipinski definition) is 1. The highest BCUT2D eigenvalue weighted by molar-refractivity contribution is 7.80. The molecule has 0 bridgehead atoms. The molecule has 0 unspecified atom stereocenters. The van der Waals surface area contributed by atoms with E-state index in [0.717, 1.165) is 6.42 Å². The minimum atomic E-state index is -0.438. The number of hydrogen-bond acceptors (Lipinski definition) is 3. The van der Waals surface area contributed by atoms with E-state index in [4.69, 9.17) is 22.7 Å². The van der Waals surface area contributed by atoms with E-state index in [1.165, 1.54) is 10.9 Å². The normalized spacial score (nSPS) is 10.3. The van der Waals surface area contributed by atoms with Crippen LogP contribution < -0.4 is 10.5 Å². The first kappa shape index (κ1) is 13.0. The van der Waals surface area contributed by atoms with Gasteiger partial charge in [0, 0.05) is 16.9 Å². The molecule has 0 aliphatic rings. The van der Waals surface area contributed by atoms with Crippen molar-refractivity contribution in [3.8, 4) is 5.75 Å². The van der Waals surface area contributed by atoms with Crippen LogP contribution in [-0.2, 0) is 6.42 Å². The van der Waals surface area contributed by atoms with Crippen molar-refractivity contribution in [1.82, 2.24) is 0 Å². The van der Waals surface area contributed by atoms with Gasteiger partial charge in [-0.25, -0.2) is 4.39 Å². The maximum atomic E-state index is 13.6. The quantitative estimate of drug-likeness (QED) is 0.855. The molecule has 0 saturated carbocycles. The molecule has 0 aliphatic carbocycles. The lowest BCUT2D eigenvalue weighted by atomic mass is 10.2. The molecule has 5 heteroatoms. The number of halogens is 1. The van der Waals surface area contributed by atoms with Crippen molar-refractivity contribution in [3.63, 3.8) is 0 Å². The first-order valence-electron chi connectivity index (χ1n) is 5.41. The maximum Gasteiger partial charge on any atom is 0.165 e. The van der Waals surface area contributed by atoms with Gasteiger partial charge < -0.3 is 10.5 Å². The van der Waals surface area contributed by atoms with Crippen LogP contribution >= 0.6 is 23.6 Å². The molecule has 1 heterocycles. The van der Waals surface area contributed by atoms with Gasteiger partial charge in [0.05, 0.1) is 6.61 Å². The van der Waals surface area contributed by atoms with Crippen molar-refractivity contribution in [1.29, 1.82) is 0 Å². The van der Waals surface area contributed by atoms with Crippen LogP contribution in [0.5, 0.6) is 5.75 Å². The van der Waals surface area contributed by atoms with Crippen LogP contribution in [0, 0.1) is 5.82 Å². The Balaban J connectivity index is 1.95. The summed E-state index contributed by atoms with van der Waals surface area (Å²) in [5.41, 5.74) is 5.93. The highest BCUT2D eigenvalue weighted by atomic mass is 32.1. The Kier molecular flexibility index (Phi) is 4.28. The number of rotatable bonds is 5. The average Bonchev–Trinajstić information content (AvgIpc) is 2.84. The van der Waals surface area contributed by atoms with Crippen molar-refractivity contribution < 1.29 is 9.13 Å². The van der Waals surface area contributed by atoms with E-state index in [9.17, 15) is 4.39 Å². The molecular formula is C13H12FNOS2. The Hall–Kier alpha value is -1.46. The fraction of sp³-hybridized carbons (Fsp3) is 0.154.